The fourth-order valence-electron chi connectivity index (χ4n) is 3.08. The maximum absolute atomic E-state index is 8.99. The fourth-order valence-corrected chi connectivity index (χ4v) is 4.42. The van der Waals surface area contributed by atoms with Gasteiger partial charge in [-0.3, -0.25) is 0 Å². The number of ether oxygens (including phenoxy) is 1. The number of hydrogen-bond acceptors (Lipinski definition) is 4. The molecule has 2 aliphatic heterocycles. The second-order valence-corrected chi connectivity index (χ2v) is 6.81. The van der Waals surface area contributed by atoms with Gasteiger partial charge in [-0.15, -0.1) is 11.3 Å². The molecular weight excluding hydrogens is 294 g/mol. The number of piperidine rings is 1. The summed E-state index contributed by atoms with van der Waals surface area (Å²) in [5.41, 5.74) is 1.22. The third-order valence-corrected chi connectivity index (χ3v) is 5.38. The van der Waals surface area contributed by atoms with Crippen molar-refractivity contribution in [1.29, 1.82) is 0 Å². The van der Waals surface area contributed by atoms with E-state index in [4.69, 9.17) is 21.4 Å². The molecule has 2 aliphatic rings. The van der Waals surface area contributed by atoms with Crippen molar-refractivity contribution in [3.63, 3.8) is 0 Å². The first-order valence-electron chi connectivity index (χ1n) is 7.49. The first-order chi connectivity index (χ1) is 9.73. The van der Waals surface area contributed by atoms with Crippen LogP contribution in [0.3, 0.4) is 0 Å². The minimum Gasteiger partial charge on any atom is -0.395 e. The minimum absolute atomic E-state index is 0.108. The Labute approximate surface area is 130 Å². The smallest absolute Gasteiger partial charge is 0.0967 e. The SMILES string of the molecule is CC.OCCN1CCC2(CC1)OCCc1sc(Cl)cc12. The molecule has 0 saturated carbocycles. The van der Waals surface area contributed by atoms with Crippen molar-refractivity contribution < 1.29 is 9.84 Å². The van der Waals surface area contributed by atoms with Crippen LogP contribution in [0.1, 0.15) is 37.1 Å². The van der Waals surface area contributed by atoms with Crippen LogP contribution < -0.4 is 0 Å². The van der Waals surface area contributed by atoms with Gasteiger partial charge in [0, 0.05) is 30.9 Å². The zero-order chi connectivity index (χ0) is 14.6. The molecule has 0 aliphatic carbocycles. The van der Waals surface area contributed by atoms with Crippen molar-refractivity contribution >= 4 is 22.9 Å². The minimum atomic E-state index is -0.108. The topological polar surface area (TPSA) is 32.7 Å². The van der Waals surface area contributed by atoms with E-state index in [1.54, 1.807) is 11.3 Å². The van der Waals surface area contributed by atoms with Gasteiger partial charge in [-0.2, -0.15) is 0 Å². The standard InChI is InChI=1S/C13H18ClNO2S.C2H6/c14-12-9-10-11(18-12)1-8-17-13(10)2-4-15(5-3-13)6-7-16;1-2/h9,16H,1-8H2;1-2H3. The lowest BCUT2D eigenvalue weighted by Crippen LogP contribution is -2.46. The highest BCUT2D eigenvalue weighted by Gasteiger charge is 2.41. The monoisotopic (exact) mass is 317 g/mol. The molecule has 5 heteroatoms. The number of thiophene rings is 1. The van der Waals surface area contributed by atoms with E-state index in [-0.39, 0.29) is 12.2 Å². The Morgan fingerprint density at radius 3 is 2.75 bits per heavy atom. The summed E-state index contributed by atoms with van der Waals surface area (Å²) in [5, 5.41) is 8.99. The van der Waals surface area contributed by atoms with Crippen LogP contribution in [-0.2, 0) is 16.8 Å². The molecule has 3 rings (SSSR count). The van der Waals surface area contributed by atoms with Crippen molar-refractivity contribution in [2.24, 2.45) is 0 Å². The summed E-state index contributed by atoms with van der Waals surface area (Å²) in [7, 11) is 0. The predicted molar refractivity (Wildman–Crippen MR) is 84.8 cm³/mol. The maximum Gasteiger partial charge on any atom is 0.0967 e. The van der Waals surface area contributed by atoms with Crippen LogP contribution in [0, 0.1) is 0 Å². The van der Waals surface area contributed by atoms with Gasteiger partial charge in [0.15, 0.2) is 0 Å². The second kappa shape index (κ2) is 7.23. The van der Waals surface area contributed by atoms with Crippen molar-refractivity contribution in [1.82, 2.24) is 4.90 Å². The van der Waals surface area contributed by atoms with Crippen molar-refractivity contribution in [3.05, 3.63) is 20.8 Å². The third kappa shape index (κ3) is 3.20. The molecule has 1 saturated heterocycles. The lowest BCUT2D eigenvalue weighted by atomic mass is 9.82. The summed E-state index contributed by atoms with van der Waals surface area (Å²) in [5.74, 6) is 0. The van der Waals surface area contributed by atoms with E-state index >= 15 is 0 Å². The second-order valence-electron chi connectivity index (χ2n) is 5.05. The Morgan fingerprint density at radius 1 is 1.40 bits per heavy atom. The van der Waals surface area contributed by atoms with Crippen LogP contribution in [0.15, 0.2) is 6.07 Å². The zero-order valence-electron chi connectivity index (χ0n) is 12.3. The summed E-state index contributed by atoms with van der Waals surface area (Å²) in [6.07, 6.45) is 3.01. The zero-order valence-corrected chi connectivity index (χ0v) is 13.9. The van der Waals surface area contributed by atoms with Gasteiger partial charge in [0.2, 0.25) is 0 Å². The molecule has 0 amide bonds. The van der Waals surface area contributed by atoms with E-state index in [9.17, 15) is 0 Å². The van der Waals surface area contributed by atoms with E-state index in [2.05, 4.69) is 11.0 Å². The van der Waals surface area contributed by atoms with Crippen LogP contribution in [0.5, 0.6) is 0 Å². The average Bonchev–Trinajstić information content (AvgIpc) is 2.86. The van der Waals surface area contributed by atoms with Gasteiger partial charge in [0.1, 0.15) is 0 Å². The number of β-amino-alcohol motifs (C(OH)–C–C–N with tert-alkyl or cyclic N) is 1. The van der Waals surface area contributed by atoms with Gasteiger partial charge in [-0.05, 0) is 24.5 Å². The predicted octanol–water partition coefficient (Wildman–Crippen LogP) is 3.28. The molecule has 0 bridgehead atoms. The summed E-state index contributed by atoms with van der Waals surface area (Å²) < 4.78 is 7.01. The van der Waals surface area contributed by atoms with Gasteiger partial charge in [-0.1, -0.05) is 25.4 Å². The molecule has 3 nitrogen and oxygen atoms in total. The largest absolute Gasteiger partial charge is 0.395 e. The molecule has 0 radical (unpaired) electrons. The van der Waals surface area contributed by atoms with Crippen LogP contribution in [0.2, 0.25) is 4.34 Å². The molecule has 0 atom stereocenters. The molecule has 114 valence electrons. The van der Waals surface area contributed by atoms with E-state index < -0.39 is 0 Å². The highest BCUT2D eigenvalue weighted by molar-refractivity contribution is 7.16. The Bertz CT molecular complexity index is 428. The number of aliphatic hydroxyl groups excluding tert-OH is 1. The van der Waals surface area contributed by atoms with E-state index in [1.165, 1.54) is 10.4 Å². The number of halogens is 1. The average molecular weight is 318 g/mol. The van der Waals surface area contributed by atoms with Crippen LogP contribution in [-0.4, -0.2) is 42.9 Å². The van der Waals surface area contributed by atoms with Gasteiger partial charge >= 0.3 is 0 Å². The first kappa shape index (κ1) is 16.2. The van der Waals surface area contributed by atoms with Crippen molar-refractivity contribution in [2.45, 2.75) is 38.7 Å². The van der Waals surface area contributed by atoms with Crippen molar-refractivity contribution in [3.8, 4) is 0 Å². The molecule has 0 aromatic carbocycles. The van der Waals surface area contributed by atoms with Gasteiger partial charge in [0.05, 0.1) is 23.2 Å². The highest BCUT2D eigenvalue weighted by Crippen LogP contribution is 2.45. The maximum atomic E-state index is 8.99. The molecule has 1 N–H and O–H groups in total. The number of rotatable bonds is 2. The van der Waals surface area contributed by atoms with Crippen LogP contribution >= 0.6 is 22.9 Å². The van der Waals surface area contributed by atoms with Crippen LogP contribution in [0.25, 0.3) is 0 Å². The Balaban J connectivity index is 0.000000704. The Hall–Kier alpha value is -0.130. The molecule has 0 unspecified atom stereocenters. The molecular formula is C15H24ClNO2S. The third-order valence-electron chi connectivity index (χ3n) is 4.06. The summed E-state index contributed by atoms with van der Waals surface area (Å²) in [4.78, 5) is 3.71. The molecule has 1 spiro atoms. The van der Waals surface area contributed by atoms with E-state index in [1.807, 2.05) is 13.8 Å². The number of fused-ring (bicyclic) bond motifs is 2. The number of likely N-dealkylation sites (tertiary alicyclic amines) is 1. The molecule has 1 aromatic heterocycles. The van der Waals surface area contributed by atoms with Gasteiger partial charge in [0.25, 0.3) is 0 Å². The lowest BCUT2D eigenvalue weighted by Gasteiger charge is -2.44. The van der Waals surface area contributed by atoms with Crippen molar-refractivity contribution in [2.75, 3.05) is 32.8 Å². The van der Waals surface area contributed by atoms with E-state index in [0.717, 1.165) is 49.8 Å². The molecule has 1 aromatic rings. The van der Waals surface area contributed by atoms with Crippen LogP contribution in [0.4, 0.5) is 0 Å². The summed E-state index contributed by atoms with van der Waals surface area (Å²) >= 11 is 7.85. The molecule has 20 heavy (non-hydrogen) atoms. The molecule has 1 fully saturated rings. The Kier molecular flexibility index (Phi) is 5.87. The number of aliphatic hydroxyl groups is 1. The fraction of sp³-hybridized carbons (Fsp3) is 0.733. The first-order valence-corrected chi connectivity index (χ1v) is 8.69. The quantitative estimate of drug-likeness (QED) is 0.908. The summed E-state index contributed by atoms with van der Waals surface area (Å²) in [6.45, 7) is 7.81. The van der Waals surface area contributed by atoms with Gasteiger partial charge < -0.3 is 14.7 Å². The molecule has 3 heterocycles. The lowest BCUT2D eigenvalue weighted by molar-refractivity contribution is -0.0979. The number of hydrogen-bond donors (Lipinski definition) is 1. The highest BCUT2D eigenvalue weighted by atomic mass is 35.5. The van der Waals surface area contributed by atoms with Gasteiger partial charge in [-0.25, -0.2) is 0 Å². The Morgan fingerprint density at radius 2 is 2.10 bits per heavy atom. The van der Waals surface area contributed by atoms with E-state index in [0.29, 0.717) is 0 Å². The number of nitrogens with zero attached hydrogens (tertiary/aromatic N) is 1. The summed E-state index contributed by atoms with van der Waals surface area (Å²) in [6, 6.07) is 2.10. The normalized spacial score (nSPS) is 21.2.